The molecule has 2 unspecified atom stereocenters. The first-order chi connectivity index (χ1) is 17.5. The Bertz CT molecular complexity index is 1020. The van der Waals surface area contributed by atoms with E-state index in [1.165, 1.54) is 0 Å². The first-order valence-corrected chi connectivity index (χ1v) is 14.1. The average molecular weight is 511 g/mol. The van der Waals surface area contributed by atoms with Gasteiger partial charge in [-0.1, -0.05) is 53.7 Å². The molecular formula is C30H46N4O3. The van der Waals surface area contributed by atoms with Gasteiger partial charge in [-0.25, -0.2) is 14.8 Å². The topological polar surface area (TPSA) is 76.6 Å². The molecule has 2 bridgehead atoms. The van der Waals surface area contributed by atoms with Crippen LogP contribution >= 0.6 is 0 Å². The van der Waals surface area contributed by atoms with Crippen LogP contribution in [-0.4, -0.2) is 51.8 Å². The predicted molar refractivity (Wildman–Crippen MR) is 147 cm³/mol. The van der Waals surface area contributed by atoms with E-state index < -0.39 is 0 Å². The first-order valence-electron chi connectivity index (χ1n) is 14.1. The van der Waals surface area contributed by atoms with Crippen LogP contribution in [0.2, 0.25) is 0 Å². The summed E-state index contributed by atoms with van der Waals surface area (Å²) in [5.74, 6) is 1.12. The van der Waals surface area contributed by atoms with Gasteiger partial charge in [0.25, 0.3) is 0 Å². The number of carbonyl (C=O) groups excluding carboxylic acids is 1. The van der Waals surface area contributed by atoms with Crippen LogP contribution in [0, 0.1) is 18.3 Å². The number of ether oxygens (including phenoxy) is 2. The molecule has 3 aliphatic rings. The summed E-state index contributed by atoms with van der Waals surface area (Å²) in [6.07, 6.45) is 11.5. The number of carbonyl (C=O) groups is 1. The van der Waals surface area contributed by atoms with Gasteiger partial charge in [0.15, 0.2) is 0 Å². The summed E-state index contributed by atoms with van der Waals surface area (Å²) < 4.78 is 12.5. The van der Waals surface area contributed by atoms with Crippen molar-refractivity contribution in [3.05, 3.63) is 35.4 Å². The lowest BCUT2D eigenvalue weighted by Crippen LogP contribution is -2.49. The smallest absolute Gasteiger partial charge is 0.408 e. The van der Waals surface area contributed by atoms with Crippen LogP contribution in [0.25, 0.3) is 6.08 Å². The molecule has 4 rings (SSSR count). The zero-order valence-corrected chi connectivity index (χ0v) is 23.7. The van der Waals surface area contributed by atoms with Gasteiger partial charge in [0.2, 0.25) is 5.88 Å². The number of aromatic nitrogens is 2. The molecule has 1 saturated heterocycles. The van der Waals surface area contributed by atoms with E-state index in [4.69, 9.17) is 19.4 Å². The number of alkyl carbamates (subject to hydrolysis) is 1. The average Bonchev–Trinajstić information content (AvgIpc) is 3.40. The monoisotopic (exact) mass is 510 g/mol. The number of amides is 1. The number of nitrogens with one attached hydrogen (secondary N) is 1. The van der Waals surface area contributed by atoms with Crippen molar-refractivity contribution in [2.45, 2.75) is 111 Å². The minimum absolute atomic E-state index is 0.000701. The summed E-state index contributed by atoms with van der Waals surface area (Å²) in [4.78, 5) is 25.1. The standard InChI is InChI=1S/C30H46N4O3/c1-20(2)12-13-24-21(3)31-27-25(32-24)11-9-8-10-15-30(16-17-30)37-28(35)33-26(29(5,6)7)22(4)34-18-14-23(19-34)36-27/h12-13,20,23,26H,4,8-11,14-19H2,1-3,5-7H3,(H,33,35). The van der Waals surface area contributed by atoms with Gasteiger partial charge in [0.1, 0.15) is 17.4 Å². The molecule has 37 heavy (non-hydrogen) atoms. The summed E-state index contributed by atoms with van der Waals surface area (Å²) in [6.45, 7) is 18.7. The third-order valence-electron chi connectivity index (χ3n) is 7.73. The van der Waals surface area contributed by atoms with Crippen LogP contribution in [0.5, 0.6) is 5.88 Å². The fourth-order valence-electron chi connectivity index (χ4n) is 5.28. The minimum atomic E-state index is -0.326. The van der Waals surface area contributed by atoms with E-state index in [-0.39, 0.29) is 29.3 Å². The lowest BCUT2D eigenvalue weighted by molar-refractivity contribution is 0.0681. The third kappa shape index (κ3) is 7.05. The van der Waals surface area contributed by atoms with E-state index >= 15 is 0 Å². The van der Waals surface area contributed by atoms with Gasteiger partial charge in [0, 0.05) is 18.7 Å². The molecule has 1 aromatic heterocycles. The zero-order valence-electron chi connectivity index (χ0n) is 23.7. The predicted octanol–water partition coefficient (Wildman–Crippen LogP) is 6.21. The second-order valence-corrected chi connectivity index (χ2v) is 12.6. The van der Waals surface area contributed by atoms with Gasteiger partial charge in [0.05, 0.1) is 24.0 Å². The fourth-order valence-corrected chi connectivity index (χ4v) is 5.28. The number of nitrogens with zero attached hydrogens (tertiary/aromatic N) is 3. The van der Waals surface area contributed by atoms with E-state index in [1.807, 2.05) is 6.92 Å². The van der Waals surface area contributed by atoms with Gasteiger partial charge in [-0.15, -0.1) is 0 Å². The SMILES string of the molecule is C=C1C(C(C)(C)C)NC(=O)OC2(CCCCCc3nc(C=CC(C)C)c(C)nc3OC3CCN1C3)CC2. The maximum absolute atomic E-state index is 13.0. The molecule has 3 heterocycles. The van der Waals surface area contributed by atoms with Gasteiger partial charge in [-0.2, -0.15) is 0 Å². The third-order valence-corrected chi connectivity index (χ3v) is 7.73. The Balaban J connectivity index is 1.60. The number of hydrogen-bond donors (Lipinski definition) is 1. The molecule has 2 atom stereocenters. The Labute approximate surface area is 223 Å². The van der Waals surface area contributed by atoms with Crippen LogP contribution < -0.4 is 10.1 Å². The maximum Gasteiger partial charge on any atom is 0.408 e. The van der Waals surface area contributed by atoms with Crippen molar-refractivity contribution in [3.63, 3.8) is 0 Å². The normalized spacial score (nSPS) is 25.0. The fraction of sp³-hybridized carbons (Fsp3) is 0.700. The Kier molecular flexibility index (Phi) is 8.20. The van der Waals surface area contributed by atoms with Crippen molar-refractivity contribution < 1.29 is 14.3 Å². The van der Waals surface area contributed by atoms with Crippen LogP contribution in [0.1, 0.15) is 96.6 Å². The highest BCUT2D eigenvalue weighted by atomic mass is 16.6. The first kappa shape index (κ1) is 27.5. The molecule has 0 radical (unpaired) electrons. The lowest BCUT2D eigenvalue weighted by Gasteiger charge is -2.37. The second kappa shape index (κ2) is 11.0. The van der Waals surface area contributed by atoms with Crippen molar-refractivity contribution >= 4 is 12.2 Å². The van der Waals surface area contributed by atoms with Gasteiger partial charge in [-0.05, 0) is 62.9 Å². The quantitative estimate of drug-likeness (QED) is 0.510. The molecule has 1 N–H and O–H groups in total. The molecule has 2 fully saturated rings. The van der Waals surface area contributed by atoms with E-state index in [0.29, 0.717) is 18.3 Å². The number of hydrogen-bond acceptors (Lipinski definition) is 6. The molecule has 2 aliphatic heterocycles. The molecule has 1 spiro atoms. The minimum Gasteiger partial charge on any atom is -0.471 e. The number of rotatable bonds is 2. The largest absolute Gasteiger partial charge is 0.471 e. The van der Waals surface area contributed by atoms with Crippen molar-refractivity contribution in [1.29, 1.82) is 0 Å². The summed E-state index contributed by atoms with van der Waals surface area (Å²) in [5, 5.41) is 3.16. The number of fused-ring (bicyclic) bond motifs is 3. The van der Waals surface area contributed by atoms with Crippen LogP contribution in [0.4, 0.5) is 4.79 Å². The van der Waals surface area contributed by atoms with E-state index in [0.717, 1.165) is 80.7 Å². The Morgan fingerprint density at radius 3 is 2.59 bits per heavy atom. The van der Waals surface area contributed by atoms with E-state index in [1.54, 1.807) is 0 Å². The lowest BCUT2D eigenvalue weighted by atomic mass is 9.84. The van der Waals surface area contributed by atoms with Gasteiger partial charge < -0.3 is 19.7 Å². The highest BCUT2D eigenvalue weighted by Gasteiger charge is 2.47. The molecule has 7 heteroatoms. The van der Waals surface area contributed by atoms with Crippen molar-refractivity contribution in [1.82, 2.24) is 20.2 Å². The molecule has 7 nitrogen and oxygen atoms in total. The van der Waals surface area contributed by atoms with E-state index in [9.17, 15) is 4.79 Å². The highest BCUT2D eigenvalue weighted by Crippen LogP contribution is 2.44. The van der Waals surface area contributed by atoms with Crippen LogP contribution in [0.3, 0.4) is 0 Å². The maximum atomic E-state index is 13.0. The summed E-state index contributed by atoms with van der Waals surface area (Å²) in [7, 11) is 0. The summed E-state index contributed by atoms with van der Waals surface area (Å²) >= 11 is 0. The van der Waals surface area contributed by atoms with Crippen molar-refractivity contribution in [3.8, 4) is 5.88 Å². The van der Waals surface area contributed by atoms with Crippen LogP contribution in [0.15, 0.2) is 18.4 Å². The van der Waals surface area contributed by atoms with Crippen molar-refractivity contribution in [2.75, 3.05) is 13.1 Å². The molecule has 204 valence electrons. The van der Waals surface area contributed by atoms with E-state index in [2.05, 4.69) is 63.6 Å². The molecule has 1 aliphatic carbocycles. The Hall–Kier alpha value is -2.57. The molecule has 1 saturated carbocycles. The molecule has 1 amide bonds. The molecule has 0 aromatic carbocycles. The summed E-state index contributed by atoms with van der Waals surface area (Å²) in [6, 6.07) is -0.227. The Morgan fingerprint density at radius 1 is 1.16 bits per heavy atom. The van der Waals surface area contributed by atoms with Crippen LogP contribution in [-0.2, 0) is 11.2 Å². The summed E-state index contributed by atoms with van der Waals surface area (Å²) in [5.41, 5.74) is 3.16. The number of allylic oxidation sites excluding steroid dienone is 1. The zero-order chi connectivity index (χ0) is 26.8. The Morgan fingerprint density at radius 2 is 1.92 bits per heavy atom. The molecular weight excluding hydrogens is 464 g/mol. The van der Waals surface area contributed by atoms with Gasteiger partial charge >= 0.3 is 6.09 Å². The van der Waals surface area contributed by atoms with Gasteiger partial charge in [-0.3, -0.25) is 0 Å². The molecule has 1 aromatic rings. The highest BCUT2D eigenvalue weighted by molar-refractivity contribution is 5.69. The second-order valence-electron chi connectivity index (χ2n) is 12.6. The van der Waals surface area contributed by atoms with Crippen molar-refractivity contribution in [2.24, 2.45) is 11.3 Å². The number of aryl methyl sites for hydroxylation is 2.